The molecule has 1 saturated heterocycles. The zero-order valence-electron chi connectivity index (χ0n) is 11.9. The number of likely N-dealkylation sites (tertiary alicyclic amines) is 1. The van der Waals surface area contributed by atoms with E-state index in [1.807, 2.05) is 22.9 Å². The smallest absolute Gasteiger partial charge is 0.165 e. The fourth-order valence-electron chi connectivity index (χ4n) is 2.64. The molecule has 1 aliphatic heterocycles. The second-order valence-electron chi connectivity index (χ2n) is 5.70. The average molecular weight is 271 g/mol. The highest BCUT2D eigenvalue weighted by Crippen LogP contribution is 2.17. The molecule has 0 N–H and O–H groups in total. The molecule has 2 aromatic rings. The van der Waals surface area contributed by atoms with E-state index < -0.39 is 0 Å². The first-order valence-electron chi connectivity index (χ1n) is 7.32. The molecule has 5 nitrogen and oxygen atoms in total. The van der Waals surface area contributed by atoms with E-state index in [4.69, 9.17) is 0 Å². The topological polar surface area (TPSA) is 46.8 Å². The van der Waals surface area contributed by atoms with E-state index in [2.05, 4.69) is 39.5 Å². The predicted octanol–water partition coefficient (Wildman–Crippen LogP) is 1.95. The Bertz CT molecular complexity index is 528. The molecular weight excluding hydrogens is 250 g/mol. The highest BCUT2D eigenvalue weighted by Gasteiger charge is 2.18. The second-order valence-corrected chi connectivity index (χ2v) is 5.70. The molecular formula is C15H21N5. The van der Waals surface area contributed by atoms with Crippen molar-refractivity contribution in [3.05, 3.63) is 41.7 Å². The zero-order valence-corrected chi connectivity index (χ0v) is 11.9. The third-order valence-electron chi connectivity index (χ3n) is 4.02. The van der Waals surface area contributed by atoms with E-state index in [9.17, 15) is 0 Å². The summed E-state index contributed by atoms with van der Waals surface area (Å²) in [6, 6.07) is 10.3. The minimum Gasteiger partial charge on any atom is -0.296 e. The van der Waals surface area contributed by atoms with Gasteiger partial charge in [-0.3, -0.25) is 4.90 Å². The Hall–Kier alpha value is -1.75. The van der Waals surface area contributed by atoms with Gasteiger partial charge in [-0.25, -0.2) is 4.68 Å². The van der Waals surface area contributed by atoms with Gasteiger partial charge in [0.15, 0.2) is 5.82 Å². The van der Waals surface area contributed by atoms with Crippen LogP contribution in [0.25, 0.3) is 0 Å². The van der Waals surface area contributed by atoms with Crippen LogP contribution in [-0.4, -0.2) is 38.2 Å². The Kier molecular flexibility index (Phi) is 4.06. The maximum Gasteiger partial charge on any atom is 0.165 e. The first-order valence-corrected chi connectivity index (χ1v) is 7.32. The number of rotatable bonds is 4. The molecule has 2 heterocycles. The van der Waals surface area contributed by atoms with Crippen molar-refractivity contribution in [1.29, 1.82) is 0 Å². The van der Waals surface area contributed by atoms with Gasteiger partial charge in [-0.05, 0) is 47.8 Å². The Balaban J connectivity index is 1.65. The molecule has 5 heteroatoms. The molecule has 0 amide bonds. The van der Waals surface area contributed by atoms with Crippen LogP contribution in [0.5, 0.6) is 0 Å². The van der Waals surface area contributed by atoms with Gasteiger partial charge in [0.1, 0.15) is 0 Å². The summed E-state index contributed by atoms with van der Waals surface area (Å²) >= 11 is 0. The van der Waals surface area contributed by atoms with Crippen LogP contribution in [0.2, 0.25) is 0 Å². The summed E-state index contributed by atoms with van der Waals surface area (Å²) in [6.07, 6.45) is 2.56. The number of nitrogens with zero attached hydrogens (tertiary/aromatic N) is 5. The summed E-state index contributed by atoms with van der Waals surface area (Å²) in [5.41, 5.74) is 1.23. The second kappa shape index (κ2) is 6.13. The fraction of sp³-hybridized carbons (Fsp3) is 0.533. The van der Waals surface area contributed by atoms with E-state index in [-0.39, 0.29) is 0 Å². The number of piperidine rings is 1. The maximum absolute atomic E-state index is 4.19. The predicted molar refractivity (Wildman–Crippen MR) is 77.0 cm³/mol. The van der Waals surface area contributed by atoms with Gasteiger partial charge < -0.3 is 0 Å². The van der Waals surface area contributed by atoms with E-state index in [1.54, 1.807) is 0 Å². The molecule has 1 aromatic heterocycles. The molecule has 0 aliphatic carbocycles. The quantitative estimate of drug-likeness (QED) is 0.853. The number of hydrogen-bond acceptors (Lipinski definition) is 4. The van der Waals surface area contributed by atoms with Gasteiger partial charge in [-0.2, -0.15) is 0 Å². The summed E-state index contributed by atoms with van der Waals surface area (Å²) in [6.45, 7) is 6.23. The summed E-state index contributed by atoms with van der Waals surface area (Å²) in [7, 11) is 0. The third-order valence-corrected chi connectivity index (χ3v) is 4.02. The number of aromatic nitrogens is 4. The number of benzene rings is 1. The lowest BCUT2D eigenvalue weighted by atomic mass is 9.99. The van der Waals surface area contributed by atoms with Crippen molar-refractivity contribution in [2.75, 3.05) is 13.1 Å². The van der Waals surface area contributed by atoms with E-state index >= 15 is 0 Å². The molecule has 3 rings (SSSR count). The van der Waals surface area contributed by atoms with Gasteiger partial charge >= 0.3 is 0 Å². The molecule has 1 fully saturated rings. The molecule has 0 spiro atoms. The fourth-order valence-corrected chi connectivity index (χ4v) is 2.64. The Labute approximate surface area is 119 Å². The molecule has 106 valence electrons. The number of hydrogen-bond donors (Lipinski definition) is 0. The van der Waals surface area contributed by atoms with E-state index in [0.717, 1.165) is 37.9 Å². The molecule has 0 bridgehead atoms. The third kappa shape index (κ3) is 3.22. The monoisotopic (exact) mass is 271 g/mol. The normalized spacial score (nSPS) is 17.4. The first-order chi connectivity index (χ1) is 9.81. The van der Waals surface area contributed by atoms with Crippen molar-refractivity contribution < 1.29 is 0 Å². The van der Waals surface area contributed by atoms with Gasteiger partial charge in [0.25, 0.3) is 0 Å². The van der Waals surface area contributed by atoms with E-state index in [0.29, 0.717) is 0 Å². The SMILES string of the molecule is CC1CCN(Cc2nnnn2Cc2ccccc2)CC1. The molecule has 0 unspecified atom stereocenters. The van der Waals surface area contributed by atoms with Crippen molar-refractivity contribution in [3.63, 3.8) is 0 Å². The van der Waals surface area contributed by atoms with Gasteiger partial charge in [0, 0.05) is 0 Å². The molecule has 0 radical (unpaired) electrons. The molecule has 0 atom stereocenters. The Morgan fingerprint density at radius 3 is 2.60 bits per heavy atom. The Morgan fingerprint density at radius 2 is 1.85 bits per heavy atom. The highest BCUT2D eigenvalue weighted by atomic mass is 15.5. The van der Waals surface area contributed by atoms with Crippen LogP contribution >= 0.6 is 0 Å². The highest BCUT2D eigenvalue weighted by molar-refractivity contribution is 5.14. The van der Waals surface area contributed by atoms with Crippen LogP contribution in [0.15, 0.2) is 30.3 Å². The molecule has 1 aromatic carbocycles. The summed E-state index contributed by atoms with van der Waals surface area (Å²) in [4.78, 5) is 2.45. The lowest BCUT2D eigenvalue weighted by molar-refractivity contribution is 0.179. The van der Waals surface area contributed by atoms with Crippen LogP contribution in [0, 0.1) is 5.92 Å². The van der Waals surface area contributed by atoms with Crippen molar-refractivity contribution >= 4 is 0 Å². The maximum atomic E-state index is 4.19. The van der Waals surface area contributed by atoms with Crippen molar-refractivity contribution in [2.24, 2.45) is 5.92 Å². The molecule has 0 saturated carbocycles. The lowest BCUT2D eigenvalue weighted by Crippen LogP contribution is -2.33. The van der Waals surface area contributed by atoms with Crippen molar-refractivity contribution in [2.45, 2.75) is 32.9 Å². The van der Waals surface area contributed by atoms with Crippen LogP contribution in [0.3, 0.4) is 0 Å². The van der Waals surface area contributed by atoms with Gasteiger partial charge in [0.2, 0.25) is 0 Å². The van der Waals surface area contributed by atoms with Crippen LogP contribution < -0.4 is 0 Å². The number of tetrazole rings is 1. The summed E-state index contributed by atoms with van der Waals surface area (Å²) in [5.74, 6) is 1.81. The minimum absolute atomic E-state index is 0.743. The van der Waals surface area contributed by atoms with Crippen molar-refractivity contribution in [3.8, 4) is 0 Å². The van der Waals surface area contributed by atoms with Crippen LogP contribution in [-0.2, 0) is 13.1 Å². The standard InChI is InChI=1S/C15H21N5/c1-13-7-9-19(10-8-13)12-15-16-17-18-20(15)11-14-5-3-2-4-6-14/h2-6,13H,7-12H2,1H3. The summed E-state index contributed by atoms with van der Waals surface area (Å²) < 4.78 is 1.91. The zero-order chi connectivity index (χ0) is 13.8. The van der Waals surface area contributed by atoms with Gasteiger partial charge in [-0.15, -0.1) is 5.10 Å². The first kappa shape index (κ1) is 13.2. The van der Waals surface area contributed by atoms with Crippen molar-refractivity contribution in [1.82, 2.24) is 25.1 Å². The van der Waals surface area contributed by atoms with Crippen LogP contribution in [0.4, 0.5) is 0 Å². The molecule has 20 heavy (non-hydrogen) atoms. The van der Waals surface area contributed by atoms with E-state index in [1.165, 1.54) is 18.4 Å². The average Bonchev–Trinajstić information content (AvgIpc) is 2.90. The largest absolute Gasteiger partial charge is 0.296 e. The lowest BCUT2D eigenvalue weighted by Gasteiger charge is -2.29. The van der Waals surface area contributed by atoms with Gasteiger partial charge in [0.05, 0.1) is 13.1 Å². The molecule has 1 aliphatic rings. The minimum atomic E-state index is 0.743. The van der Waals surface area contributed by atoms with Gasteiger partial charge in [-0.1, -0.05) is 37.3 Å². The Morgan fingerprint density at radius 1 is 1.10 bits per heavy atom. The summed E-state index contributed by atoms with van der Waals surface area (Å²) in [5, 5.41) is 12.1. The van der Waals surface area contributed by atoms with Crippen LogP contribution in [0.1, 0.15) is 31.2 Å².